The van der Waals surface area contributed by atoms with Gasteiger partial charge in [-0.2, -0.15) is 0 Å². The van der Waals surface area contributed by atoms with Gasteiger partial charge in [-0.05, 0) is 20.8 Å². The van der Waals surface area contributed by atoms with Crippen LogP contribution in [0.25, 0.3) is 0 Å². The van der Waals surface area contributed by atoms with Crippen molar-refractivity contribution < 1.29 is 18.6 Å². The molecule has 0 heterocycles. The van der Waals surface area contributed by atoms with Crippen LogP contribution in [0.2, 0.25) is 0 Å². The lowest BCUT2D eigenvalue weighted by Crippen LogP contribution is -2.38. The highest BCUT2D eigenvalue weighted by atomic mass is 35.5. The number of halogens is 2. The van der Waals surface area contributed by atoms with Crippen LogP contribution in [-0.4, -0.2) is 40.5 Å². The summed E-state index contributed by atoms with van der Waals surface area (Å²) in [6.07, 6.45) is -0.406. The zero-order valence-corrected chi connectivity index (χ0v) is 14.4. The van der Waals surface area contributed by atoms with E-state index in [1.54, 1.807) is 34.6 Å². The molecule has 0 radical (unpaired) electrons. The summed E-state index contributed by atoms with van der Waals surface area (Å²) in [6.45, 7) is 9.46. The molecule has 0 aliphatic carbocycles. The van der Waals surface area contributed by atoms with Crippen molar-refractivity contribution in [1.82, 2.24) is 4.67 Å². The van der Waals surface area contributed by atoms with Gasteiger partial charge in [0.25, 0.3) is 0 Å². The largest absolute Gasteiger partial charge is 0.460 e. The lowest BCUT2D eigenvalue weighted by molar-refractivity contribution is -0.146. The number of nitrogens with zero attached hydrogens (tertiary/aromatic N) is 1. The van der Waals surface area contributed by atoms with Crippen LogP contribution in [-0.2, 0) is 18.6 Å². The van der Waals surface area contributed by atoms with Gasteiger partial charge in [0.15, 0.2) is 0 Å². The highest BCUT2D eigenvalue weighted by molar-refractivity contribution is 7.64. The summed E-state index contributed by atoms with van der Waals surface area (Å²) in [5.74, 6) is -0.950. The van der Waals surface area contributed by atoms with E-state index < -0.39 is 23.7 Å². The molecule has 0 saturated heterocycles. The Morgan fingerprint density at radius 2 is 1.74 bits per heavy atom. The van der Waals surface area contributed by atoms with Crippen molar-refractivity contribution in [2.45, 2.75) is 44.8 Å². The fraction of sp³-hybridized carbons (Fsp3) is 0.909. The number of carbonyl (C=O) groups is 1. The van der Waals surface area contributed by atoms with Gasteiger partial charge >= 0.3 is 17.6 Å². The normalized spacial score (nSPS) is 15.6. The molecule has 0 rings (SSSR count). The highest BCUT2D eigenvalue weighted by Gasteiger charge is 2.57. The van der Waals surface area contributed by atoms with E-state index in [2.05, 4.69) is 0 Å². The van der Waals surface area contributed by atoms with Crippen molar-refractivity contribution >= 4 is 36.7 Å². The van der Waals surface area contributed by atoms with Crippen LogP contribution in [0, 0.1) is 0 Å². The van der Waals surface area contributed by atoms with E-state index in [0.29, 0.717) is 13.1 Å². The molecule has 0 saturated carbocycles. The first kappa shape index (κ1) is 19.2. The van der Waals surface area contributed by atoms with Crippen molar-refractivity contribution in [1.29, 1.82) is 0 Å². The molecule has 0 aliphatic rings. The van der Waals surface area contributed by atoms with Gasteiger partial charge in [-0.15, -0.1) is 0 Å². The maximum absolute atomic E-state index is 13.0. The number of carbonyl (C=O) groups excluding carboxylic acids is 1. The molecule has 0 aromatic rings. The standard InChI is InChI=1S/C11H22Cl2NO4P/c1-6-14(7-2)19(16,17-8-3)11(12,13)10(15)18-9(4)5/h9H,6-8H2,1-5H3. The lowest BCUT2D eigenvalue weighted by Gasteiger charge is -2.35. The first-order chi connectivity index (χ1) is 8.67. The lowest BCUT2D eigenvalue weighted by atomic mass is 10.5. The van der Waals surface area contributed by atoms with Crippen LogP contribution < -0.4 is 0 Å². The van der Waals surface area contributed by atoms with Crippen LogP contribution in [0.1, 0.15) is 34.6 Å². The Bertz CT molecular complexity index is 346. The molecule has 0 aliphatic heterocycles. The fourth-order valence-corrected chi connectivity index (χ4v) is 4.59. The van der Waals surface area contributed by atoms with Gasteiger partial charge in [-0.25, -0.2) is 9.46 Å². The highest BCUT2D eigenvalue weighted by Crippen LogP contribution is 2.66. The molecule has 0 aromatic carbocycles. The molecule has 0 amide bonds. The van der Waals surface area contributed by atoms with Crippen LogP contribution in [0.15, 0.2) is 0 Å². The molecule has 0 aromatic heterocycles. The molecule has 0 fully saturated rings. The number of hydrogen-bond donors (Lipinski definition) is 0. The zero-order chi connectivity index (χ0) is 15.3. The first-order valence-corrected chi connectivity index (χ1v) is 8.59. The summed E-state index contributed by atoms with van der Waals surface area (Å²) in [7, 11) is -3.76. The quantitative estimate of drug-likeness (QED) is 0.385. The minimum absolute atomic E-state index is 0.129. The van der Waals surface area contributed by atoms with E-state index >= 15 is 0 Å². The molecule has 0 spiro atoms. The molecule has 8 heteroatoms. The third-order valence-corrected chi connectivity index (χ3v) is 6.75. The SMILES string of the molecule is CCOP(=O)(N(CC)CC)C(Cl)(Cl)C(=O)OC(C)C. The third-order valence-electron chi connectivity index (χ3n) is 2.35. The summed E-state index contributed by atoms with van der Waals surface area (Å²) in [6, 6.07) is 0. The Morgan fingerprint density at radius 3 is 2.05 bits per heavy atom. The Labute approximate surface area is 125 Å². The molecule has 0 bridgehead atoms. The molecule has 0 N–H and O–H groups in total. The molecule has 1 atom stereocenters. The minimum atomic E-state index is -3.76. The molecular weight excluding hydrogens is 312 g/mol. The summed E-state index contributed by atoms with van der Waals surface area (Å²) in [5.41, 5.74) is 0. The monoisotopic (exact) mass is 333 g/mol. The van der Waals surface area contributed by atoms with E-state index in [1.165, 1.54) is 4.67 Å². The maximum atomic E-state index is 13.0. The van der Waals surface area contributed by atoms with Gasteiger partial charge < -0.3 is 9.26 Å². The topological polar surface area (TPSA) is 55.8 Å². The molecule has 114 valence electrons. The minimum Gasteiger partial charge on any atom is -0.460 e. The fourth-order valence-electron chi connectivity index (χ4n) is 1.51. The molecule has 5 nitrogen and oxygen atoms in total. The smallest absolute Gasteiger partial charge is 0.354 e. The second-order valence-corrected chi connectivity index (χ2v) is 8.46. The average molecular weight is 334 g/mol. The Morgan fingerprint density at radius 1 is 1.26 bits per heavy atom. The Kier molecular flexibility index (Phi) is 7.93. The van der Waals surface area contributed by atoms with Gasteiger partial charge in [0.05, 0.1) is 12.7 Å². The van der Waals surface area contributed by atoms with E-state index in [0.717, 1.165) is 0 Å². The van der Waals surface area contributed by atoms with Crippen LogP contribution in [0.4, 0.5) is 0 Å². The Hall–Kier alpha value is 0.200. The molecule has 19 heavy (non-hydrogen) atoms. The van der Waals surface area contributed by atoms with Crippen LogP contribution >= 0.6 is 30.7 Å². The molecular formula is C11H22Cl2NO4P. The van der Waals surface area contributed by atoms with Crippen LogP contribution in [0.5, 0.6) is 0 Å². The first-order valence-electron chi connectivity index (χ1n) is 6.26. The van der Waals surface area contributed by atoms with Gasteiger partial charge in [0, 0.05) is 13.1 Å². The molecule has 1 unspecified atom stereocenters. The second-order valence-electron chi connectivity index (χ2n) is 4.07. The second kappa shape index (κ2) is 7.84. The third kappa shape index (κ3) is 4.33. The number of alkyl halides is 2. The van der Waals surface area contributed by atoms with Crippen molar-refractivity contribution in [3.05, 3.63) is 0 Å². The van der Waals surface area contributed by atoms with Crippen molar-refractivity contribution in [2.24, 2.45) is 0 Å². The van der Waals surface area contributed by atoms with Crippen molar-refractivity contribution in [3.63, 3.8) is 0 Å². The summed E-state index contributed by atoms with van der Waals surface area (Å²) in [5, 5.41) is 0. The number of ether oxygens (including phenoxy) is 1. The van der Waals surface area contributed by atoms with Crippen LogP contribution in [0.3, 0.4) is 0 Å². The van der Waals surface area contributed by atoms with Crippen molar-refractivity contribution in [2.75, 3.05) is 19.7 Å². The van der Waals surface area contributed by atoms with E-state index in [4.69, 9.17) is 32.5 Å². The maximum Gasteiger partial charge on any atom is 0.354 e. The Balaban J connectivity index is 5.47. The van der Waals surface area contributed by atoms with Crippen molar-refractivity contribution in [3.8, 4) is 0 Å². The predicted molar refractivity (Wildman–Crippen MR) is 77.8 cm³/mol. The van der Waals surface area contributed by atoms with Gasteiger partial charge in [-0.3, -0.25) is 4.57 Å². The average Bonchev–Trinajstić information content (AvgIpc) is 2.29. The number of rotatable bonds is 8. The summed E-state index contributed by atoms with van der Waals surface area (Å²) >= 11 is 12.1. The predicted octanol–water partition coefficient (Wildman–Crippen LogP) is 3.64. The van der Waals surface area contributed by atoms with E-state index in [9.17, 15) is 9.36 Å². The van der Waals surface area contributed by atoms with Gasteiger partial charge in [0.2, 0.25) is 0 Å². The summed E-state index contributed by atoms with van der Waals surface area (Å²) < 4.78 is 22.4. The number of esters is 1. The zero-order valence-electron chi connectivity index (χ0n) is 12.0. The van der Waals surface area contributed by atoms with E-state index in [1.807, 2.05) is 0 Å². The summed E-state index contributed by atoms with van der Waals surface area (Å²) in [4.78, 5) is 12.0. The van der Waals surface area contributed by atoms with E-state index in [-0.39, 0.29) is 6.61 Å². The van der Waals surface area contributed by atoms with Gasteiger partial charge in [0.1, 0.15) is 0 Å². The van der Waals surface area contributed by atoms with Gasteiger partial charge in [-0.1, -0.05) is 37.0 Å². The number of hydrogen-bond acceptors (Lipinski definition) is 4.